The van der Waals surface area contributed by atoms with Crippen LogP contribution in [0.4, 0.5) is 0 Å². The van der Waals surface area contributed by atoms with Gasteiger partial charge in [-0.1, -0.05) is 20.3 Å². The Morgan fingerprint density at radius 3 is 1.76 bits per heavy atom. The van der Waals surface area contributed by atoms with Gasteiger partial charge in [0.15, 0.2) is 0 Å². The number of unbranched alkanes of at least 4 members (excludes halogenated alkanes) is 1. The summed E-state index contributed by atoms with van der Waals surface area (Å²) in [6.45, 7) is 3.58. The summed E-state index contributed by atoms with van der Waals surface area (Å²) < 4.78 is 0. The lowest BCUT2D eigenvalue weighted by molar-refractivity contribution is -0.144. The van der Waals surface area contributed by atoms with Gasteiger partial charge < -0.3 is 44.0 Å². The van der Waals surface area contributed by atoms with Crippen LogP contribution in [0.5, 0.6) is 0 Å². The van der Waals surface area contributed by atoms with Crippen molar-refractivity contribution < 1.29 is 33.9 Å². The minimum Gasteiger partial charge on any atom is -0.480 e. The molecule has 0 aromatic rings. The van der Waals surface area contributed by atoms with Gasteiger partial charge in [-0.2, -0.15) is 0 Å². The van der Waals surface area contributed by atoms with Crippen LogP contribution in [0, 0.1) is 5.92 Å². The van der Waals surface area contributed by atoms with E-state index in [-0.39, 0.29) is 0 Å². The second-order valence-corrected chi connectivity index (χ2v) is 7.92. The SMILES string of the molecule is CC(C)C(NC(=O)C(CC(N)=O)NC(=O)C(N)CCCCN)C(=O)NC(CC(N)=O)C(=O)O. The summed E-state index contributed by atoms with van der Waals surface area (Å²) in [6.07, 6.45) is 0.344. The Labute approximate surface area is 191 Å². The van der Waals surface area contributed by atoms with Gasteiger partial charge in [0, 0.05) is 0 Å². The molecule has 0 aromatic carbocycles. The van der Waals surface area contributed by atoms with Crippen LogP contribution in [-0.2, 0) is 28.8 Å². The fourth-order valence-corrected chi connectivity index (χ4v) is 2.78. The zero-order valence-electron chi connectivity index (χ0n) is 18.8. The molecular weight excluding hydrogens is 438 g/mol. The molecule has 0 aliphatic heterocycles. The summed E-state index contributed by atoms with van der Waals surface area (Å²) in [7, 11) is 0. The maximum Gasteiger partial charge on any atom is 0.326 e. The Balaban J connectivity index is 5.38. The number of carbonyl (C=O) groups excluding carboxylic acids is 5. The van der Waals surface area contributed by atoms with Crippen molar-refractivity contribution in [1.82, 2.24) is 16.0 Å². The minimum atomic E-state index is -1.60. The third-order valence-corrected chi connectivity index (χ3v) is 4.61. The first-order valence-corrected chi connectivity index (χ1v) is 10.5. The largest absolute Gasteiger partial charge is 0.480 e. The van der Waals surface area contributed by atoms with E-state index in [0.717, 1.165) is 0 Å². The third-order valence-electron chi connectivity index (χ3n) is 4.61. The van der Waals surface area contributed by atoms with Crippen LogP contribution < -0.4 is 38.9 Å². The van der Waals surface area contributed by atoms with E-state index in [4.69, 9.17) is 28.0 Å². The Morgan fingerprint density at radius 1 is 0.788 bits per heavy atom. The van der Waals surface area contributed by atoms with E-state index in [1.165, 1.54) is 0 Å². The lowest BCUT2D eigenvalue weighted by Gasteiger charge is -2.26. The van der Waals surface area contributed by atoms with Crippen molar-refractivity contribution in [3.05, 3.63) is 0 Å². The number of amides is 5. The second-order valence-electron chi connectivity index (χ2n) is 7.92. The average Bonchev–Trinajstić information content (AvgIpc) is 2.69. The highest BCUT2D eigenvalue weighted by atomic mass is 16.4. The molecule has 14 heteroatoms. The Kier molecular flexibility index (Phi) is 13.3. The van der Waals surface area contributed by atoms with E-state index in [0.29, 0.717) is 25.8 Å². The van der Waals surface area contributed by atoms with Gasteiger partial charge in [-0.3, -0.25) is 24.0 Å². The number of rotatable bonds is 16. The molecule has 188 valence electrons. The van der Waals surface area contributed by atoms with Crippen molar-refractivity contribution in [3.8, 4) is 0 Å². The number of carboxylic acid groups (broad SMARTS) is 1. The van der Waals surface area contributed by atoms with Gasteiger partial charge >= 0.3 is 5.97 Å². The van der Waals surface area contributed by atoms with Crippen LogP contribution in [0.2, 0.25) is 0 Å². The number of hydrogen-bond donors (Lipinski definition) is 8. The fourth-order valence-electron chi connectivity index (χ4n) is 2.78. The molecule has 0 aliphatic carbocycles. The van der Waals surface area contributed by atoms with Gasteiger partial charge in [-0.25, -0.2) is 4.79 Å². The van der Waals surface area contributed by atoms with Crippen molar-refractivity contribution in [1.29, 1.82) is 0 Å². The molecule has 0 bridgehead atoms. The van der Waals surface area contributed by atoms with Crippen molar-refractivity contribution in [2.45, 2.75) is 70.1 Å². The van der Waals surface area contributed by atoms with Crippen molar-refractivity contribution in [3.63, 3.8) is 0 Å². The number of primary amides is 2. The van der Waals surface area contributed by atoms with E-state index in [1.54, 1.807) is 13.8 Å². The van der Waals surface area contributed by atoms with Gasteiger partial charge in [0.2, 0.25) is 29.5 Å². The number of hydrogen-bond acceptors (Lipinski definition) is 8. The molecule has 14 nitrogen and oxygen atoms in total. The van der Waals surface area contributed by atoms with Crippen LogP contribution >= 0.6 is 0 Å². The number of aliphatic carboxylic acids is 1. The highest BCUT2D eigenvalue weighted by Crippen LogP contribution is 2.06. The van der Waals surface area contributed by atoms with Crippen LogP contribution in [0.15, 0.2) is 0 Å². The van der Waals surface area contributed by atoms with Crippen LogP contribution in [0.1, 0.15) is 46.0 Å². The number of nitrogens with one attached hydrogen (secondary N) is 3. The smallest absolute Gasteiger partial charge is 0.326 e. The molecule has 0 fully saturated rings. The summed E-state index contributed by atoms with van der Waals surface area (Å²) in [5, 5.41) is 16.0. The van der Waals surface area contributed by atoms with Gasteiger partial charge in [-0.05, 0) is 25.3 Å². The molecular formula is C19H35N7O7. The molecule has 5 amide bonds. The molecule has 0 rings (SSSR count). The van der Waals surface area contributed by atoms with E-state index < -0.39 is 78.4 Å². The van der Waals surface area contributed by atoms with Gasteiger partial charge in [0.1, 0.15) is 18.1 Å². The Morgan fingerprint density at radius 2 is 1.30 bits per heavy atom. The van der Waals surface area contributed by atoms with E-state index in [1.807, 2.05) is 0 Å². The van der Waals surface area contributed by atoms with Gasteiger partial charge in [0.25, 0.3) is 0 Å². The fraction of sp³-hybridized carbons (Fsp3) is 0.684. The Bertz CT molecular complexity index is 729. The first-order chi connectivity index (χ1) is 15.3. The third kappa shape index (κ3) is 11.8. The van der Waals surface area contributed by atoms with Crippen molar-refractivity contribution in [2.75, 3.05) is 6.54 Å². The molecule has 0 spiro atoms. The van der Waals surface area contributed by atoms with Crippen molar-refractivity contribution in [2.24, 2.45) is 28.9 Å². The summed E-state index contributed by atoms with van der Waals surface area (Å²) in [4.78, 5) is 71.4. The molecule has 4 atom stereocenters. The first-order valence-electron chi connectivity index (χ1n) is 10.5. The van der Waals surface area contributed by atoms with Crippen molar-refractivity contribution >= 4 is 35.5 Å². The summed E-state index contributed by atoms with van der Waals surface area (Å²) in [5.74, 6) is -6.32. The van der Waals surface area contributed by atoms with E-state index >= 15 is 0 Å². The molecule has 0 saturated carbocycles. The average molecular weight is 474 g/mol. The normalized spacial score (nSPS) is 14.5. The molecule has 12 N–H and O–H groups in total. The zero-order valence-corrected chi connectivity index (χ0v) is 18.8. The topological polar surface area (TPSA) is 263 Å². The maximum absolute atomic E-state index is 12.8. The number of carbonyl (C=O) groups is 6. The Hall–Kier alpha value is -3.26. The summed E-state index contributed by atoms with van der Waals surface area (Å²) >= 11 is 0. The number of nitrogens with two attached hydrogens (primary N) is 4. The maximum atomic E-state index is 12.8. The van der Waals surface area contributed by atoms with E-state index in [2.05, 4.69) is 16.0 Å². The lowest BCUT2D eigenvalue weighted by atomic mass is 10.0. The first kappa shape index (κ1) is 29.7. The van der Waals surface area contributed by atoms with Crippen LogP contribution in [0.3, 0.4) is 0 Å². The predicted molar refractivity (Wildman–Crippen MR) is 117 cm³/mol. The molecule has 33 heavy (non-hydrogen) atoms. The molecule has 0 radical (unpaired) electrons. The molecule has 0 aromatic heterocycles. The molecule has 0 heterocycles. The second kappa shape index (κ2) is 14.7. The molecule has 4 unspecified atom stereocenters. The zero-order chi connectivity index (χ0) is 25.7. The standard InChI is InChI=1S/C19H35N7O7/c1-9(2)15(18(31)25-12(19(32)33)8-14(23)28)26-17(30)11(7-13(22)27)24-16(29)10(21)5-3-4-6-20/h9-12,15H,3-8,20-21H2,1-2H3,(H2,22,27)(H2,23,28)(H,24,29)(H,25,31)(H,26,30)(H,32,33). The summed E-state index contributed by atoms with van der Waals surface area (Å²) in [6, 6.07) is -5.21. The quantitative estimate of drug-likeness (QED) is 0.103. The van der Waals surface area contributed by atoms with Crippen LogP contribution in [-0.4, -0.2) is 71.3 Å². The predicted octanol–water partition coefficient (Wildman–Crippen LogP) is -3.61. The molecule has 0 saturated heterocycles. The molecule has 0 aliphatic rings. The van der Waals surface area contributed by atoms with Crippen LogP contribution in [0.25, 0.3) is 0 Å². The number of carboxylic acids is 1. The van der Waals surface area contributed by atoms with E-state index in [9.17, 15) is 28.8 Å². The highest BCUT2D eigenvalue weighted by molar-refractivity contribution is 5.96. The van der Waals surface area contributed by atoms with Gasteiger partial charge in [0.05, 0.1) is 18.9 Å². The highest BCUT2D eigenvalue weighted by Gasteiger charge is 2.32. The van der Waals surface area contributed by atoms with Gasteiger partial charge in [-0.15, -0.1) is 0 Å². The minimum absolute atomic E-state index is 0.307. The monoisotopic (exact) mass is 473 g/mol. The summed E-state index contributed by atoms with van der Waals surface area (Å²) in [5.41, 5.74) is 21.4. The lowest BCUT2D eigenvalue weighted by Crippen LogP contribution is -2.59.